The summed E-state index contributed by atoms with van der Waals surface area (Å²) < 4.78 is 13.4. The van der Waals surface area contributed by atoms with Gasteiger partial charge in [-0.1, -0.05) is 26.0 Å². The highest BCUT2D eigenvalue weighted by atomic mass is 19.1. The van der Waals surface area contributed by atoms with E-state index in [4.69, 9.17) is 5.73 Å². The second kappa shape index (κ2) is 5.82. The fraction of sp³-hybridized carbons (Fsp3) is 0.462. The number of nitrogens with two attached hydrogens (primary N) is 1. The highest BCUT2D eigenvalue weighted by Gasteiger charge is 2.28. The lowest BCUT2D eigenvalue weighted by atomic mass is 9.89. The summed E-state index contributed by atoms with van der Waals surface area (Å²) in [5.74, 6) is -0.291. The normalized spacial score (nSPS) is 14.1. The highest BCUT2D eigenvalue weighted by molar-refractivity contribution is 5.89. The van der Waals surface area contributed by atoms with Crippen molar-refractivity contribution in [2.45, 2.75) is 26.3 Å². The zero-order valence-corrected chi connectivity index (χ0v) is 11.0. The predicted octanol–water partition coefficient (Wildman–Crippen LogP) is 2.32. The summed E-state index contributed by atoms with van der Waals surface area (Å²) in [6, 6.07) is 5.56. The van der Waals surface area contributed by atoms with E-state index in [0.29, 0.717) is 6.54 Å². The van der Waals surface area contributed by atoms with Crippen LogP contribution in [0.3, 0.4) is 0 Å². The Morgan fingerprint density at radius 1 is 1.44 bits per heavy atom. The molecule has 0 saturated heterocycles. The monoisotopic (exact) mass is 253 g/mol. The van der Waals surface area contributed by atoms with Crippen molar-refractivity contribution in [3.63, 3.8) is 0 Å². The molecular weight excluding hydrogens is 233 g/mol. The van der Waals surface area contributed by atoms with E-state index in [1.165, 1.54) is 12.1 Å². The standard InChI is InChI=1S/C13H20FN3O/c1-9(2)13(3,8-15)17-12(18)16-11-7-5-4-6-10(11)14/h4-7,9H,8,15H2,1-3H3,(H2,16,17,18). The van der Waals surface area contributed by atoms with Crippen LogP contribution >= 0.6 is 0 Å². The number of urea groups is 1. The lowest BCUT2D eigenvalue weighted by molar-refractivity contribution is 0.225. The van der Waals surface area contributed by atoms with E-state index in [1.54, 1.807) is 12.1 Å². The minimum Gasteiger partial charge on any atom is -0.331 e. The van der Waals surface area contributed by atoms with Crippen molar-refractivity contribution >= 4 is 11.7 Å². The Labute approximate surface area is 107 Å². The number of nitrogens with one attached hydrogen (secondary N) is 2. The number of amides is 2. The molecule has 0 fully saturated rings. The SMILES string of the molecule is CC(C)C(C)(CN)NC(=O)Nc1ccccc1F. The molecule has 0 radical (unpaired) electrons. The Morgan fingerprint density at radius 2 is 2.06 bits per heavy atom. The summed E-state index contributed by atoms with van der Waals surface area (Å²) in [5.41, 5.74) is 5.30. The molecule has 4 nitrogen and oxygen atoms in total. The van der Waals surface area contributed by atoms with Gasteiger partial charge in [0.05, 0.1) is 11.2 Å². The van der Waals surface area contributed by atoms with Crippen LogP contribution in [0.4, 0.5) is 14.9 Å². The minimum atomic E-state index is -0.519. The number of rotatable bonds is 4. The molecule has 1 aromatic carbocycles. The summed E-state index contributed by atoms with van der Waals surface area (Å²) in [5, 5.41) is 5.25. The maximum atomic E-state index is 13.4. The maximum absolute atomic E-state index is 13.4. The molecule has 0 aliphatic carbocycles. The summed E-state index contributed by atoms with van der Waals surface area (Å²) in [4.78, 5) is 11.8. The quantitative estimate of drug-likeness (QED) is 0.771. The molecule has 2 amide bonds. The smallest absolute Gasteiger partial charge is 0.319 e. The molecule has 100 valence electrons. The summed E-state index contributed by atoms with van der Waals surface area (Å²) in [7, 11) is 0. The topological polar surface area (TPSA) is 67.1 Å². The molecule has 0 heterocycles. The van der Waals surface area contributed by atoms with Crippen LogP contribution in [0.2, 0.25) is 0 Å². The van der Waals surface area contributed by atoms with Crippen LogP contribution in [0.5, 0.6) is 0 Å². The van der Waals surface area contributed by atoms with E-state index in [1.807, 2.05) is 20.8 Å². The third-order valence-corrected chi connectivity index (χ3v) is 3.22. The van der Waals surface area contributed by atoms with Crippen LogP contribution in [0.1, 0.15) is 20.8 Å². The Balaban J connectivity index is 2.70. The van der Waals surface area contributed by atoms with E-state index in [2.05, 4.69) is 10.6 Å². The Kier molecular flexibility index (Phi) is 4.67. The number of halogens is 1. The summed E-state index contributed by atoms with van der Waals surface area (Å²) >= 11 is 0. The molecule has 1 rings (SSSR count). The largest absolute Gasteiger partial charge is 0.331 e. The van der Waals surface area contributed by atoms with E-state index >= 15 is 0 Å². The summed E-state index contributed by atoms with van der Waals surface area (Å²) in [6.07, 6.45) is 0. The Morgan fingerprint density at radius 3 is 2.56 bits per heavy atom. The first-order chi connectivity index (χ1) is 8.39. The van der Waals surface area contributed by atoms with Crippen LogP contribution in [0.25, 0.3) is 0 Å². The van der Waals surface area contributed by atoms with Crippen molar-refractivity contribution in [3.8, 4) is 0 Å². The van der Waals surface area contributed by atoms with Gasteiger partial charge in [-0.25, -0.2) is 9.18 Å². The van der Waals surface area contributed by atoms with Crippen LogP contribution in [0, 0.1) is 11.7 Å². The molecular formula is C13H20FN3O. The molecule has 18 heavy (non-hydrogen) atoms. The van der Waals surface area contributed by atoms with Gasteiger partial charge in [0.15, 0.2) is 0 Å². The molecule has 5 heteroatoms. The lowest BCUT2D eigenvalue weighted by Gasteiger charge is -2.33. The highest BCUT2D eigenvalue weighted by Crippen LogP contribution is 2.16. The number of carbonyl (C=O) groups is 1. The van der Waals surface area contributed by atoms with Crippen molar-refractivity contribution < 1.29 is 9.18 Å². The first kappa shape index (κ1) is 14.4. The zero-order chi connectivity index (χ0) is 13.8. The van der Waals surface area contributed by atoms with Crippen molar-refractivity contribution in [1.29, 1.82) is 0 Å². The van der Waals surface area contributed by atoms with Gasteiger partial charge in [-0.15, -0.1) is 0 Å². The second-order valence-corrected chi connectivity index (χ2v) is 4.84. The maximum Gasteiger partial charge on any atom is 0.319 e. The second-order valence-electron chi connectivity index (χ2n) is 4.84. The van der Waals surface area contributed by atoms with E-state index in [9.17, 15) is 9.18 Å². The average Bonchev–Trinajstić information content (AvgIpc) is 2.31. The van der Waals surface area contributed by atoms with Crippen LogP contribution < -0.4 is 16.4 Å². The fourth-order valence-electron chi connectivity index (χ4n) is 1.41. The van der Waals surface area contributed by atoms with Crippen molar-refractivity contribution in [3.05, 3.63) is 30.1 Å². The first-order valence-corrected chi connectivity index (χ1v) is 5.93. The minimum absolute atomic E-state index is 0.151. The number of benzene rings is 1. The van der Waals surface area contributed by atoms with Gasteiger partial charge in [0, 0.05) is 6.54 Å². The van der Waals surface area contributed by atoms with Gasteiger partial charge >= 0.3 is 6.03 Å². The number of hydrogen-bond acceptors (Lipinski definition) is 2. The van der Waals surface area contributed by atoms with Crippen molar-refractivity contribution in [2.75, 3.05) is 11.9 Å². The van der Waals surface area contributed by atoms with Crippen LogP contribution in [-0.2, 0) is 0 Å². The van der Waals surface area contributed by atoms with E-state index < -0.39 is 17.4 Å². The third-order valence-electron chi connectivity index (χ3n) is 3.22. The number of anilines is 1. The molecule has 1 aromatic rings. The Bertz CT molecular complexity index is 422. The lowest BCUT2D eigenvalue weighted by Crippen LogP contribution is -2.56. The Hall–Kier alpha value is -1.62. The van der Waals surface area contributed by atoms with E-state index in [0.717, 1.165) is 0 Å². The molecule has 1 unspecified atom stereocenters. The number of hydrogen-bond donors (Lipinski definition) is 3. The van der Waals surface area contributed by atoms with Gasteiger partial charge < -0.3 is 16.4 Å². The number of carbonyl (C=O) groups excluding carboxylic acids is 1. The molecule has 0 aliphatic heterocycles. The fourth-order valence-corrected chi connectivity index (χ4v) is 1.41. The predicted molar refractivity (Wildman–Crippen MR) is 70.9 cm³/mol. The third kappa shape index (κ3) is 3.43. The molecule has 0 spiro atoms. The van der Waals surface area contributed by atoms with Gasteiger partial charge in [0.1, 0.15) is 5.82 Å². The van der Waals surface area contributed by atoms with E-state index in [-0.39, 0.29) is 11.6 Å². The summed E-state index contributed by atoms with van der Waals surface area (Å²) in [6.45, 7) is 6.11. The van der Waals surface area contributed by atoms with Crippen molar-refractivity contribution in [1.82, 2.24) is 5.32 Å². The van der Waals surface area contributed by atoms with Gasteiger partial charge in [-0.05, 0) is 25.0 Å². The molecule has 0 bridgehead atoms. The first-order valence-electron chi connectivity index (χ1n) is 5.93. The molecule has 0 aliphatic rings. The van der Waals surface area contributed by atoms with Crippen LogP contribution in [-0.4, -0.2) is 18.1 Å². The molecule has 0 aromatic heterocycles. The zero-order valence-electron chi connectivity index (χ0n) is 11.0. The van der Waals surface area contributed by atoms with Gasteiger partial charge in [0.25, 0.3) is 0 Å². The molecule has 0 saturated carbocycles. The number of para-hydroxylation sites is 1. The van der Waals surface area contributed by atoms with Gasteiger partial charge in [-0.3, -0.25) is 0 Å². The van der Waals surface area contributed by atoms with Crippen LogP contribution in [0.15, 0.2) is 24.3 Å². The van der Waals surface area contributed by atoms with Crippen molar-refractivity contribution in [2.24, 2.45) is 11.7 Å². The molecule has 1 atom stereocenters. The van der Waals surface area contributed by atoms with Gasteiger partial charge in [0.2, 0.25) is 0 Å². The van der Waals surface area contributed by atoms with Gasteiger partial charge in [-0.2, -0.15) is 0 Å². The molecule has 4 N–H and O–H groups in total. The average molecular weight is 253 g/mol.